The van der Waals surface area contributed by atoms with E-state index < -0.39 is 0 Å². The molecule has 1 aliphatic heterocycles. The number of nitrogens with zero attached hydrogens (tertiary/aromatic N) is 4. The number of benzene rings is 1. The molecular formula is C19H25N5O2. The van der Waals surface area contributed by atoms with Crippen LogP contribution >= 0.6 is 0 Å². The van der Waals surface area contributed by atoms with Crippen LogP contribution < -0.4 is 10.1 Å². The summed E-state index contributed by atoms with van der Waals surface area (Å²) < 4.78 is 7.45. The highest BCUT2D eigenvalue weighted by Crippen LogP contribution is 2.35. The summed E-state index contributed by atoms with van der Waals surface area (Å²) in [7, 11) is 0. The SMILES string of the molecule is CCCCCCOc1ccc(C2C(C(C)=O)=C(C)Nc3nnnn32)cc1. The fourth-order valence-electron chi connectivity index (χ4n) is 3.24. The molecule has 0 aliphatic carbocycles. The molecule has 2 aromatic rings. The lowest BCUT2D eigenvalue weighted by Crippen LogP contribution is -2.27. The maximum absolute atomic E-state index is 12.2. The van der Waals surface area contributed by atoms with Gasteiger partial charge in [-0.15, -0.1) is 0 Å². The van der Waals surface area contributed by atoms with Gasteiger partial charge < -0.3 is 10.1 Å². The molecule has 3 rings (SSSR count). The minimum Gasteiger partial charge on any atom is -0.494 e. The van der Waals surface area contributed by atoms with E-state index in [9.17, 15) is 4.79 Å². The number of carbonyl (C=O) groups is 1. The van der Waals surface area contributed by atoms with Crippen molar-refractivity contribution in [3.63, 3.8) is 0 Å². The van der Waals surface area contributed by atoms with Crippen molar-refractivity contribution < 1.29 is 9.53 Å². The number of fused-ring (bicyclic) bond motifs is 1. The van der Waals surface area contributed by atoms with Crippen molar-refractivity contribution in [2.45, 2.75) is 52.5 Å². The van der Waals surface area contributed by atoms with Gasteiger partial charge in [0.2, 0.25) is 5.95 Å². The Morgan fingerprint density at radius 2 is 2.00 bits per heavy atom. The molecule has 0 spiro atoms. The lowest BCUT2D eigenvalue weighted by Gasteiger charge is -2.27. The van der Waals surface area contributed by atoms with E-state index in [4.69, 9.17) is 4.74 Å². The Bertz CT molecular complexity index is 795. The lowest BCUT2D eigenvalue weighted by molar-refractivity contribution is -0.114. The highest BCUT2D eigenvalue weighted by molar-refractivity contribution is 5.96. The van der Waals surface area contributed by atoms with Gasteiger partial charge in [-0.25, -0.2) is 0 Å². The molecule has 2 heterocycles. The molecule has 1 aromatic heterocycles. The number of unbranched alkanes of at least 4 members (excludes halogenated alkanes) is 3. The van der Waals surface area contributed by atoms with Crippen LogP contribution in [0.25, 0.3) is 0 Å². The largest absolute Gasteiger partial charge is 0.494 e. The molecule has 1 atom stereocenters. The fourth-order valence-corrected chi connectivity index (χ4v) is 3.24. The second-order valence-electron chi connectivity index (χ2n) is 6.55. The van der Waals surface area contributed by atoms with Gasteiger partial charge in [-0.1, -0.05) is 43.4 Å². The molecule has 1 aliphatic rings. The Kier molecular flexibility index (Phi) is 5.65. The van der Waals surface area contributed by atoms with Gasteiger partial charge in [0.15, 0.2) is 5.78 Å². The van der Waals surface area contributed by atoms with Gasteiger partial charge in [-0.3, -0.25) is 4.79 Å². The Labute approximate surface area is 153 Å². The zero-order chi connectivity index (χ0) is 18.5. The van der Waals surface area contributed by atoms with Gasteiger partial charge in [-0.2, -0.15) is 4.68 Å². The van der Waals surface area contributed by atoms with E-state index in [1.165, 1.54) is 19.3 Å². The molecule has 1 N–H and O–H groups in total. The summed E-state index contributed by atoms with van der Waals surface area (Å²) in [5.74, 6) is 1.37. The third-order valence-corrected chi connectivity index (χ3v) is 4.56. The number of hydrogen-bond donors (Lipinski definition) is 1. The van der Waals surface area contributed by atoms with Crippen molar-refractivity contribution in [1.29, 1.82) is 0 Å². The number of Topliss-reactive ketones (excluding diaryl/α,β-unsaturated/α-hetero) is 1. The van der Waals surface area contributed by atoms with Crippen molar-refractivity contribution in [3.8, 4) is 5.75 Å². The normalized spacial score (nSPS) is 16.2. The van der Waals surface area contributed by atoms with Gasteiger partial charge in [-0.05, 0) is 48.4 Å². The van der Waals surface area contributed by atoms with Crippen LogP contribution in [-0.4, -0.2) is 32.6 Å². The Morgan fingerprint density at radius 3 is 2.69 bits per heavy atom. The first-order valence-corrected chi connectivity index (χ1v) is 9.11. The number of anilines is 1. The smallest absolute Gasteiger partial charge is 0.248 e. The molecular weight excluding hydrogens is 330 g/mol. The van der Waals surface area contributed by atoms with E-state index in [0.29, 0.717) is 11.5 Å². The van der Waals surface area contributed by atoms with Crippen LogP contribution in [0.3, 0.4) is 0 Å². The van der Waals surface area contributed by atoms with E-state index in [-0.39, 0.29) is 11.8 Å². The van der Waals surface area contributed by atoms with Crippen molar-refractivity contribution in [3.05, 3.63) is 41.1 Å². The van der Waals surface area contributed by atoms with E-state index in [2.05, 4.69) is 27.8 Å². The zero-order valence-corrected chi connectivity index (χ0v) is 15.5. The standard InChI is InChI=1S/C19H25N5O2/c1-4-5-6-7-12-26-16-10-8-15(9-11-16)18-17(14(3)25)13(2)20-19-21-22-23-24(18)19/h8-11,18H,4-7,12H2,1-3H3,(H,20,21,23). The Hall–Kier alpha value is -2.70. The summed E-state index contributed by atoms with van der Waals surface area (Å²) in [6.45, 7) is 6.36. The number of ether oxygens (including phenoxy) is 1. The first-order valence-electron chi connectivity index (χ1n) is 9.11. The second-order valence-corrected chi connectivity index (χ2v) is 6.55. The highest BCUT2D eigenvalue weighted by Gasteiger charge is 2.32. The van der Waals surface area contributed by atoms with Crippen molar-refractivity contribution >= 4 is 11.7 Å². The molecule has 0 bridgehead atoms. The molecule has 0 fully saturated rings. The molecule has 0 amide bonds. The predicted molar refractivity (Wildman–Crippen MR) is 99.0 cm³/mol. The number of carbonyl (C=O) groups excluding carboxylic acids is 1. The summed E-state index contributed by atoms with van der Waals surface area (Å²) in [4.78, 5) is 12.2. The predicted octanol–water partition coefficient (Wildman–Crippen LogP) is 3.51. The van der Waals surface area contributed by atoms with Crippen LogP contribution in [0.4, 0.5) is 5.95 Å². The number of aromatic nitrogens is 4. The molecule has 26 heavy (non-hydrogen) atoms. The Morgan fingerprint density at radius 1 is 1.23 bits per heavy atom. The number of ketones is 1. The number of rotatable bonds is 8. The third kappa shape index (κ3) is 3.76. The first-order chi connectivity index (χ1) is 12.6. The Balaban J connectivity index is 1.78. The monoisotopic (exact) mass is 355 g/mol. The number of hydrogen-bond acceptors (Lipinski definition) is 6. The lowest BCUT2D eigenvalue weighted by atomic mass is 9.93. The average Bonchev–Trinajstić information content (AvgIpc) is 3.08. The minimum absolute atomic E-state index is 0.00241. The molecule has 0 saturated carbocycles. The molecule has 0 radical (unpaired) electrons. The van der Waals surface area contributed by atoms with E-state index >= 15 is 0 Å². The number of tetrazole rings is 1. The topological polar surface area (TPSA) is 81.9 Å². The minimum atomic E-state index is -0.336. The molecule has 7 nitrogen and oxygen atoms in total. The van der Waals surface area contributed by atoms with E-state index in [0.717, 1.165) is 30.0 Å². The van der Waals surface area contributed by atoms with Gasteiger partial charge in [0.1, 0.15) is 11.8 Å². The zero-order valence-electron chi connectivity index (χ0n) is 15.5. The molecule has 7 heteroatoms. The van der Waals surface area contributed by atoms with E-state index in [1.54, 1.807) is 11.6 Å². The van der Waals surface area contributed by atoms with Crippen LogP contribution in [0.2, 0.25) is 0 Å². The van der Waals surface area contributed by atoms with Gasteiger partial charge in [0.05, 0.1) is 6.61 Å². The maximum atomic E-state index is 12.2. The quantitative estimate of drug-likeness (QED) is 0.730. The van der Waals surface area contributed by atoms with Crippen LogP contribution in [0, 0.1) is 0 Å². The van der Waals surface area contributed by atoms with Crippen LogP contribution in [0.15, 0.2) is 35.5 Å². The van der Waals surface area contributed by atoms with Crippen molar-refractivity contribution in [2.75, 3.05) is 11.9 Å². The van der Waals surface area contributed by atoms with Gasteiger partial charge >= 0.3 is 0 Å². The van der Waals surface area contributed by atoms with Gasteiger partial charge in [0.25, 0.3) is 0 Å². The maximum Gasteiger partial charge on any atom is 0.248 e. The third-order valence-electron chi connectivity index (χ3n) is 4.56. The molecule has 1 unspecified atom stereocenters. The summed E-state index contributed by atoms with van der Waals surface area (Å²) in [6, 6.07) is 7.48. The number of nitrogens with one attached hydrogen (secondary N) is 1. The van der Waals surface area contributed by atoms with Crippen molar-refractivity contribution in [2.24, 2.45) is 0 Å². The first kappa shape index (κ1) is 18.1. The number of allylic oxidation sites excluding steroid dienone is 2. The summed E-state index contributed by atoms with van der Waals surface area (Å²) >= 11 is 0. The summed E-state index contributed by atoms with van der Waals surface area (Å²) in [6.07, 6.45) is 4.72. The molecule has 0 saturated heterocycles. The second kappa shape index (κ2) is 8.12. The van der Waals surface area contributed by atoms with Crippen LogP contribution in [0.5, 0.6) is 5.75 Å². The average molecular weight is 355 g/mol. The van der Waals surface area contributed by atoms with E-state index in [1.807, 2.05) is 31.2 Å². The fraction of sp³-hybridized carbons (Fsp3) is 0.474. The molecule has 138 valence electrons. The van der Waals surface area contributed by atoms with Crippen molar-refractivity contribution in [1.82, 2.24) is 20.2 Å². The molecule has 1 aromatic carbocycles. The van der Waals surface area contributed by atoms with Crippen LogP contribution in [0.1, 0.15) is 58.1 Å². The highest BCUT2D eigenvalue weighted by atomic mass is 16.5. The summed E-state index contributed by atoms with van der Waals surface area (Å²) in [5.41, 5.74) is 2.39. The van der Waals surface area contributed by atoms with Gasteiger partial charge in [0, 0.05) is 11.3 Å². The van der Waals surface area contributed by atoms with Crippen LogP contribution in [-0.2, 0) is 4.79 Å². The summed E-state index contributed by atoms with van der Waals surface area (Å²) in [5, 5.41) is 14.9.